The van der Waals surface area contributed by atoms with Gasteiger partial charge in [-0.15, -0.1) is 11.3 Å². The van der Waals surface area contributed by atoms with Gasteiger partial charge in [-0.1, -0.05) is 39.0 Å². The van der Waals surface area contributed by atoms with Gasteiger partial charge in [0.05, 0.1) is 13.7 Å². The molecule has 3 heterocycles. The quantitative estimate of drug-likeness (QED) is 0.585. The molecule has 1 aliphatic heterocycles. The molecule has 32 heavy (non-hydrogen) atoms. The number of methoxy groups -OCH3 is 1. The Balaban J connectivity index is 1.60. The van der Waals surface area contributed by atoms with Crippen molar-refractivity contribution in [3.63, 3.8) is 0 Å². The number of para-hydroxylation sites is 1. The minimum atomic E-state index is -0.422. The van der Waals surface area contributed by atoms with Crippen LogP contribution in [0.15, 0.2) is 41.8 Å². The molecule has 0 N–H and O–H groups in total. The molecule has 1 atom stereocenters. The second-order valence-corrected chi connectivity index (χ2v) is 10.4. The summed E-state index contributed by atoms with van der Waals surface area (Å²) in [7, 11) is 1.67. The van der Waals surface area contributed by atoms with Crippen LogP contribution in [0.4, 0.5) is 0 Å². The topological polar surface area (TPSA) is 54.8 Å². The van der Waals surface area contributed by atoms with Gasteiger partial charge >= 0.3 is 0 Å². The first-order valence-corrected chi connectivity index (χ1v) is 11.9. The zero-order valence-electron chi connectivity index (χ0n) is 19.4. The van der Waals surface area contributed by atoms with Crippen LogP contribution in [-0.2, 0) is 11.3 Å². The molecule has 0 aliphatic carbocycles. The van der Waals surface area contributed by atoms with Gasteiger partial charge in [0.25, 0.3) is 5.91 Å². The van der Waals surface area contributed by atoms with E-state index >= 15 is 0 Å². The summed E-state index contributed by atoms with van der Waals surface area (Å²) in [6.07, 6.45) is 0. The van der Waals surface area contributed by atoms with E-state index in [0.717, 1.165) is 21.5 Å². The first kappa shape index (κ1) is 22.4. The molecule has 7 heteroatoms. The standard InChI is InChI=1S/C25H31N3O3S/c1-17-15-26(11-12-27(17)24(30)25(2,3)4)22(29)20-14-18-10-13-32-23(18)28(20)16-19-8-6-7-9-21(19)31-5/h6-10,13-14,17H,11-12,15-16H2,1-5H3. The van der Waals surface area contributed by atoms with E-state index in [1.807, 2.05) is 67.8 Å². The first-order valence-electron chi connectivity index (χ1n) is 11.0. The zero-order chi connectivity index (χ0) is 23.0. The fraction of sp³-hybridized carbons (Fsp3) is 0.440. The molecule has 170 valence electrons. The van der Waals surface area contributed by atoms with Crippen LogP contribution in [0.1, 0.15) is 43.7 Å². The van der Waals surface area contributed by atoms with Gasteiger partial charge in [0.15, 0.2) is 0 Å². The van der Waals surface area contributed by atoms with E-state index in [2.05, 4.69) is 16.0 Å². The highest BCUT2D eigenvalue weighted by Gasteiger charge is 2.35. The zero-order valence-corrected chi connectivity index (χ0v) is 20.2. The molecule has 1 unspecified atom stereocenters. The van der Waals surface area contributed by atoms with Crippen LogP contribution in [0.5, 0.6) is 5.75 Å². The molecule has 2 aromatic heterocycles. The summed E-state index contributed by atoms with van der Waals surface area (Å²) in [4.78, 5) is 31.3. The second-order valence-electron chi connectivity index (χ2n) is 9.46. The summed E-state index contributed by atoms with van der Waals surface area (Å²) < 4.78 is 7.63. The average Bonchev–Trinajstić information content (AvgIpc) is 3.35. The van der Waals surface area contributed by atoms with Crippen molar-refractivity contribution < 1.29 is 14.3 Å². The van der Waals surface area contributed by atoms with Crippen molar-refractivity contribution in [1.82, 2.24) is 14.4 Å². The number of thiophene rings is 1. The van der Waals surface area contributed by atoms with Crippen LogP contribution in [0.3, 0.4) is 0 Å². The van der Waals surface area contributed by atoms with Gasteiger partial charge < -0.3 is 19.1 Å². The maximum absolute atomic E-state index is 13.6. The Hall–Kier alpha value is -2.80. The summed E-state index contributed by atoms with van der Waals surface area (Å²) in [6.45, 7) is 10.0. The Bertz CT molecular complexity index is 1140. The predicted molar refractivity (Wildman–Crippen MR) is 128 cm³/mol. The highest BCUT2D eigenvalue weighted by atomic mass is 32.1. The fourth-order valence-electron chi connectivity index (χ4n) is 4.35. The maximum Gasteiger partial charge on any atom is 0.270 e. The Morgan fingerprint density at radius 2 is 1.91 bits per heavy atom. The van der Waals surface area contributed by atoms with Crippen molar-refractivity contribution >= 4 is 33.4 Å². The SMILES string of the molecule is COc1ccccc1Cn1c(C(=O)N2CCN(C(=O)C(C)(C)C)C(C)C2)cc2ccsc21. The Labute approximate surface area is 193 Å². The lowest BCUT2D eigenvalue weighted by molar-refractivity contribution is -0.143. The number of piperazine rings is 1. The van der Waals surface area contributed by atoms with Crippen molar-refractivity contribution in [2.45, 2.75) is 40.3 Å². The summed E-state index contributed by atoms with van der Waals surface area (Å²) in [5.74, 6) is 0.961. The molecule has 0 spiro atoms. The van der Waals surface area contributed by atoms with Crippen molar-refractivity contribution in [3.8, 4) is 5.75 Å². The van der Waals surface area contributed by atoms with Crippen molar-refractivity contribution in [3.05, 3.63) is 53.0 Å². The van der Waals surface area contributed by atoms with Crippen LogP contribution < -0.4 is 4.74 Å². The lowest BCUT2D eigenvalue weighted by Gasteiger charge is -2.42. The van der Waals surface area contributed by atoms with Gasteiger partial charge in [-0.3, -0.25) is 9.59 Å². The van der Waals surface area contributed by atoms with E-state index in [1.165, 1.54) is 0 Å². The normalized spacial score (nSPS) is 17.1. The summed E-state index contributed by atoms with van der Waals surface area (Å²) >= 11 is 1.64. The largest absolute Gasteiger partial charge is 0.496 e. The number of ether oxygens (including phenoxy) is 1. The highest BCUT2D eigenvalue weighted by molar-refractivity contribution is 7.16. The molecule has 1 fully saturated rings. The van der Waals surface area contributed by atoms with Crippen LogP contribution in [0.25, 0.3) is 10.2 Å². The van der Waals surface area contributed by atoms with Crippen LogP contribution in [0.2, 0.25) is 0 Å². The minimum Gasteiger partial charge on any atom is -0.496 e. The second kappa shape index (κ2) is 8.62. The Morgan fingerprint density at radius 3 is 2.59 bits per heavy atom. The highest BCUT2D eigenvalue weighted by Crippen LogP contribution is 2.30. The van der Waals surface area contributed by atoms with E-state index in [1.54, 1.807) is 18.4 Å². The number of hydrogen-bond donors (Lipinski definition) is 0. The third-order valence-corrected chi connectivity index (χ3v) is 7.01. The Morgan fingerprint density at radius 1 is 1.16 bits per heavy atom. The van der Waals surface area contributed by atoms with Gasteiger partial charge in [0.2, 0.25) is 5.91 Å². The van der Waals surface area contributed by atoms with Gasteiger partial charge in [0, 0.05) is 42.0 Å². The van der Waals surface area contributed by atoms with Gasteiger partial charge in [-0.05, 0) is 30.5 Å². The molecular weight excluding hydrogens is 422 g/mol. The number of aromatic nitrogens is 1. The molecule has 3 aromatic rings. The molecule has 0 radical (unpaired) electrons. The van der Waals surface area contributed by atoms with E-state index in [9.17, 15) is 9.59 Å². The van der Waals surface area contributed by atoms with E-state index < -0.39 is 5.41 Å². The third kappa shape index (κ3) is 4.13. The predicted octanol–water partition coefficient (Wildman–Crippen LogP) is 4.48. The van der Waals surface area contributed by atoms with Crippen LogP contribution in [-0.4, -0.2) is 59.0 Å². The monoisotopic (exact) mass is 453 g/mol. The van der Waals surface area contributed by atoms with E-state index in [4.69, 9.17) is 4.74 Å². The lowest BCUT2D eigenvalue weighted by atomic mass is 9.93. The van der Waals surface area contributed by atoms with Gasteiger partial charge in [0.1, 0.15) is 16.3 Å². The number of nitrogens with zero attached hydrogens (tertiary/aromatic N) is 3. The molecule has 0 bridgehead atoms. The molecule has 1 aliphatic rings. The number of hydrogen-bond acceptors (Lipinski definition) is 4. The summed E-state index contributed by atoms with van der Waals surface area (Å²) in [6, 6.07) is 11.9. The number of benzene rings is 1. The lowest BCUT2D eigenvalue weighted by Crippen LogP contribution is -2.57. The summed E-state index contributed by atoms with van der Waals surface area (Å²) in [5, 5.41) is 3.12. The molecule has 1 saturated heterocycles. The molecule has 4 rings (SSSR count). The van der Waals surface area contributed by atoms with Crippen LogP contribution >= 0.6 is 11.3 Å². The fourth-order valence-corrected chi connectivity index (χ4v) is 5.25. The summed E-state index contributed by atoms with van der Waals surface area (Å²) in [5.41, 5.74) is 1.29. The smallest absolute Gasteiger partial charge is 0.270 e. The average molecular weight is 454 g/mol. The van der Waals surface area contributed by atoms with Crippen molar-refractivity contribution in [2.75, 3.05) is 26.7 Å². The van der Waals surface area contributed by atoms with E-state index in [0.29, 0.717) is 31.9 Å². The molecule has 2 amide bonds. The van der Waals surface area contributed by atoms with Gasteiger partial charge in [-0.2, -0.15) is 0 Å². The number of fused-ring (bicyclic) bond motifs is 1. The van der Waals surface area contributed by atoms with Crippen molar-refractivity contribution in [1.29, 1.82) is 0 Å². The minimum absolute atomic E-state index is 0.0120. The molecular formula is C25H31N3O3S. The van der Waals surface area contributed by atoms with E-state index in [-0.39, 0.29) is 17.9 Å². The molecule has 6 nitrogen and oxygen atoms in total. The Kier molecular flexibility index (Phi) is 6.03. The number of carbonyl (C=O) groups is 2. The number of carbonyl (C=O) groups excluding carboxylic acids is 2. The molecule has 1 aromatic carbocycles. The van der Waals surface area contributed by atoms with Gasteiger partial charge in [-0.25, -0.2) is 0 Å². The third-order valence-electron chi connectivity index (χ3n) is 6.06. The van der Waals surface area contributed by atoms with Crippen molar-refractivity contribution in [2.24, 2.45) is 5.41 Å². The molecule has 0 saturated carbocycles. The first-order chi connectivity index (χ1) is 15.2. The van der Waals surface area contributed by atoms with Crippen LogP contribution in [0, 0.1) is 5.41 Å². The number of amides is 2. The number of rotatable bonds is 4. The maximum atomic E-state index is 13.6.